The zero-order chi connectivity index (χ0) is 25.8. The summed E-state index contributed by atoms with van der Waals surface area (Å²) in [5.74, 6) is -0.717. The van der Waals surface area contributed by atoms with Crippen molar-refractivity contribution in [2.24, 2.45) is 0 Å². The number of amides is 1. The van der Waals surface area contributed by atoms with Gasteiger partial charge >= 0.3 is 18.2 Å². The maximum Gasteiger partial charge on any atom is 0.425 e. The first-order valence-corrected chi connectivity index (χ1v) is 11.1. The molecule has 1 saturated heterocycles. The van der Waals surface area contributed by atoms with E-state index in [0.717, 1.165) is 23.7 Å². The van der Waals surface area contributed by atoms with Gasteiger partial charge in [-0.1, -0.05) is 6.07 Å². The molecule has 8 nitrogen and oxygen atoms in total. The van der Waals surface area contributed by atoms with Gasteiger partial charge in [0.25, 0.3) is 0 Å². The molecule has 1 aliphatic heterocycles. The molecule has 1 fully saturated rings. The number of rotatable bonds is 7. The van der Waals surface area contributed by atoms with Crippen molar-refractivity contribution < 1.29 is 37.3 Å². The largest absolute Gasteiger partial charge is 0.478 e. The molecule has 0 radical (unpaired) electrons. The summed E-state index contributed by atoms with van der Waals surface area (Å²) in [5, 5.41) is 9.39. The Morgan fingerprint density at radius 2 is 1.80 bits per heavy atom. The van der Waals surface area contributed by atoms with E-state index in [1.165, 1.54) is 18.7 Å². The van der Waals surface area contributed by atoms with Gasteiger partial charge in [-0.05, 0) is 56.7 Å². The number of carboxylic acid groups (broad SMARTS) is 1. The highest BCUT2D eigenvalue weighted by Crippen LogP contribution is 2.30. The van der Waals surface area contributed by atoms with Crippen LogP contribution in [0.15, 0.2) is 42.6 Å². The first kappa shape index (κ1) is 26.3. The predicted octanol–water partition coefficient (Wildman–Crippen LogP) is 4.20. The number of nitrogens with zero attached hydrogens (tertiary/aromatic N) is 3. The fourth-order valence-corrected chi connectivity index (χ4v) is 3.50. The molecule has 1 aromatic heterocycles. The van der Waals surface area contributed by atoms with Crippen LogP contribution in [0.4, 0.5) is 18.0 Å². The fourth-order valence-electron chi connectivity index (χ4n) is 3.50. The van der Waals surface area contributed by atoms with Crippen LogP contribution in [0.3, 0.4) is 0 Å². The van der Waals surface area contributed by atoms with Crippen molar-refractivity contribution in [1.82, 2.24) is 14.8 Å². The van der Waals surface area contributed by atoms with Crippen LogP contribution < -0.4 is 4.74 Å². The second-order valence-corrected chi connectivity index (χ2v) is 8.78. The third-order valence-electron chi connectivity index (χ3n) is 5.67. The van der Waals surface area contributed by atoms with E-state index in [1.54, 1.807) is 24.4 Å². The smallest absolute Gasteiger partial charge is 0.425 e. The number of hydrogen-bond donors (Lipinski definition) is 1. The van der Waals surface area contributed by atoms with Crippen LogP contribution in [0.1, 0.15) is 26.3 Å². The van der Waals surface area contributed by atoms with Gasteiger partial charge in [0.1, 0.15) is 5.75 Å². The molecular weight excluding hydrogens is 467 g/mol. The zero-order valence-corrected chi connectivity index (χ0v) is 19.7. The van der Waals surface area contributed by atoms with Gasteiger partial charge in [0.05, 0.1) is 5.69 Å². The van der Waals surface area contributed by atoms with Crippen molar-refractivity contribution in [2.45, 2.75) is 45.2 Å². The summed E-state index contributed by atoms with van der Waals surface area (Å²) >= 11 is 0. The third kappa shape index (κ3) is 6.84. The summed E-state index contributed by atoms with van der Waals surface area (Å²) in [6, 6.07) is 10.8. The minimum atomic E-state index is -4.61. The van der Waals surface area contributed by atoms with E-state index in [9.17, 15) is 27.9 Å². The molecule has 1 aliphatic rings. The highest BCUT2D eigenvalue weighted by atomic mass is 19.4. The molecular formula is C24H28F3N3O5. The molecule has 11 heteroatoms. The van der Waals surface area contributed by atoms with Crippen molar-refractivity contribution >= 4 is 12.1 Å². The van der Waals surface area contributed by atoms with Crippen molar-refractivity contribution in [3.63, 3.8) is 0 Å². The Hall–Kier alpha value is -3.34. The molecule has 0 bridgehead atoms. The summed E-state index contributed by atoms with van der Waals surface area (Å²) in [6.45, 7) is 5.42. The van der Waals surface area contributed by atoms with Crippen LogP contribution in [0.25, 0.3) is 11.3 Å². The number of benzene rings is 1. The van der Waals surface area contributed by atoms with Crippen molar-refractivity contribution in [1.29, 1.82) is 0 Å². The van der Waals surface area contributed by atoms with Crippen LogP contribution in [0.5, 0.6) is 5.75 Å². The van der Waals surface area contributed by atoms with Crippen molar-refractivity contribution in [3.05, 3.63) is 48.2 Å². The van der Waals surface area contributed by atoms with Gasteiger partial charge < -0.3 is 19.5 Å². The van der Waals surface area contributed by atoms with Gasteiger partial charge in [0.2, 0.25) is 0 Å². The van der Waals surface area contributed by atoms with Gasteiger partial charge in [-0.15, -0.1) is 0 Å². The fraction of sp³-hybridized carbons (Fsp3) is 0.458. The quantitative estimate of drug-likeness (QED) is 0.616. The monoisotopic (exact) mass is 495 g/mol. The summed E-state index contributed by atoms with van der Waals surface area (Å²) in [4.78, 5) is 31.3. The molecule has 0 spiro atoms. The SMILES string of the molecule is CC(OC(=O)N1CCN(Cc2cc(OC(C)(C)C(=O)O)ccc2-c2ccccn2)CC1)C(F)(F)F. The summed E-state index contributed by atoms with van der Waals surface area (Å²) < 4.78 is 48.3. The molecule has 35 heavy (non-hydrogen) atoms. The Bertz CT molecular complexity index is 1040. The number of piperazine rings is 1. The topological polar surface area (TPSA) is 92.2 Å². The summed E-state index contributed by atoms with van der Waals surface area (Å²) in [7, 11) is 0. The highest BCUT2D eigenvalue weighted by molar-refractivity contribution is 5.77. The van der Waals surface area contributed by atoms with E-state index in [0.29, 0.717) is 25.4 Å². The number of pyridine rings is 1. The van der Waals surface area contributed by atoms with E-state index < -0.39 is 29.9 Å². The van der Waals surface area contributed by atoms with Gasteiger partial charge in [-0.2, -0.15) is 13.2 Å². The number of carboxylic acids is 1. The molecule has 190 valence electrons. The number of halogens is 3. The van der Waals surface area contributed by atoms with Gasteiger partial charge in [0, 0.05) is 44.5 Å². The zero-order valence-electron chi connectivity index (χ0n) is 19.7. The molecule has 1 N–H and O–H groups in total. The lowest BCUT2D eigenvalue weighted by Gasteiger charge is -2.35. The van der Waals surface area contributed by atoms with Gasteiger partial charge in [0.15, 0.2) is 11.7 Å². The average Bonchev–Trinajstić information content (AvgIpc) is 2.79. The van der Waals surface area contributed by atoms with Crippen molar-refractivity contribution in [3.8, 4) is 17.0 Å². The Balaban J connectivity index is 1.73. The van der Waals surface area contributed by atoms with Crippen LogP contribution in [-0.4, -0.2) is 76.0 Å². The molecule has 2 heterocycles. The Morgan fingerprint density at radius 1 is 1.11 bits per heavy atom. The average molecular weight is 495 g/mol. The maximum absolute atomic E-state index is 12.7. The van der Waals surface area contributed by atoms with Gasteiger partial charge in [-0.3, -0.25) is 9.88 Å². The summed E-state index contributed by atoms with van der Waals surface area (Å²) in [6.07, 6.45) is -6.10. The first-order chi connectivity index (χ1) is 16.4. The molecule has 1 amide bonds. The van der Waals surface area contributed by atoms with E-state index in [4.69, 9.17) is 4.74 Å². The number of alkyl halides is 3. The lowest BCUT2D eigenvalue weighted by molar-refractivity contribution is -0.200. The number of ether oxygens (including phenoxy) is 2. The number of carbonyl (C=O) groups excluding carboxylic acids is 1. The summed E-state index contributed by atoms with van der Waals surface area (Å²) in [5.41, 5.74) is 0.981. The highest BCUT2D eigenvalue weighted by Gasteiger charge is 2.40. The first-order valence-electron chi connectivity index (χ1n) is 11.1. The minimum absolute atomic E-state index is 0.213. The van der Waals surface area contributed by atoms with Gasteiger partial charge in [-0.25, -0.2) is 9.59 Å². The Labute approximate surface area is 201 Å². The van der Waals surface area contributed by atoms with E-state index in [2.05, 4.69) is 9.72 Å². The Kier molecular flexibility index (Phi) is 7.89. The molecule has 1 aromatic carbocycles. The number of carbonyl (C=O) groups is 2. The second kappa shape index (κ2) is 10.5. The Morgan fingerprint density at radius 3 is 2.37 bits per heavy atom. The lowest BCUT2D eigenvalue weighted by Crippen LogP contribution is -2.49. The molecule has 1 unspecified atom stereocenters. The van der Waals surface area contributed by atoms with Crippen LogP contribution in [0.2, 0.25) is 0 Å². The molecule has 2 aromatic rings. The molecule has 1 atom stereocenters. The maximum atomic E-state index is 12.7. The number of aromatic nitrogens is 1. The lowest BCUT2D eigenvalue weighted by atomic mass is 10.0. The predicted molar refractivity (Wildman–Crippen MR) is 121 cm³/mol. The molecule has 0 saturated carbocycles. The standard InChI is InChI=1S/C24H28F3N3O5/c1-16(24(25,26)27)34-22(33)30-12-10-29(11-13-30)15-17-14-18(35-23(2,3)21(31)32)7-8-19(17)20-6-4-5-9-28-20/h4-9,14,16H,10-13,15H2,1-3H3,(H,31,32). The van der Waals surface area contributed by atoms with Crippen LogP contribution in [0, 0.1) is 0 Å². The van der Waals surface area contributed by atoms with E-state index in [-0.39, 0.29) is 13.1 Å². The molecule has 3 rings (SSSR count). The van der Waals surface area contributed by atoms with Crippen LogP contribution >= 0.6 is 0 Å². The number of aliphatic carboxylic acids is 1. The second-order valence-electron chi connectivity index (χ2n) is 8.78. The molecule has 0 aliphatic carbocycles. The normalized spacial score (nSPS) is 16.0. The third-order valence-corrected chi connectivity index (χ3v) is 5.67. The van der Waals surface area contributed by atoms with E-state index >= 15 is 0 Å². The minimum Gasteiger partial charge on any atom is -0.478 e. The number of hydrogen-bond acceptors (Lipinski definition) is 6. The van der Waals surface area contributed by atoms with Crippen LogP contribution in [-0.2, 0) is 16.1 Å². The van der Waals surface area contributed by atoms with E-state index in [1.807, 2.05) is 23.1 Å². The van der Waals surface area contributed by atoms with Crippen molar-refractivity contribution in [2.75, 3.05) is 26.2 Å².